The van der Waals surface area contributed by atoms with Crippen LogP contribution in [0.25, 0.3) is 10.9 Å². The van der Waals surface area contributed by atoms with Gasteiger partial charge in [0.25, 0.3) is 5.69 Å². The summed E-state index contributed by atoms with van der Waals surface area (Å²) in [5, 5.41) is 12.2. The highest BCUT2D eigenvalue weighted by molar-refractivity contribution is 9.08. The minimum atomic E-state index is -0.370. The Kier molecular flexibility index (Phi) is 2.25. The highest BCUT2D eigenvalue weighted by Gasteiger charge is 2.13. The Labute approximate surface area is 88.2 Å². The van der Waals surface area contributed by atoms with Gasteiger partial charge in [-0.25, -0.2) is 0 Å². The van der Waals surface area contributed by atoms with Gasteiger partial charge in [-0.1, -0.05) is 15.9 Å². The van der Waals surface area contributed by atoms with Crippen molar-refractivity contribution in [2.45, 2.75) is 5.33 Å². The van der Waals surface area contributed by atoms with E-state index >= 15 is 0 Å². The number of fused-ring (bicyclic) bond motifs is 1. The molecule has 1 aromatic carbocycles. The van der Waals surface area contributed by atoms with E-state index in [1.807, 2.05) is 12.1 Å². The van der Waals surface area contributed by atoms with E-state index in [1.165, 1.54) is 0 Å². The molecular formula is C9H7BrN2O2. The number of non-ortho nitro benzene ring substituents is 1. The molecule has 1 N–H and O–H groups in total. The van der Waals surface area contributed by atoms with E-state index in [-0.39, 0.29) is 10.6 Å². The van der Waals surface area contributed by atoms with Gasteiger partial charge in [-0.05, 0) is 17.7 Å². The molecule has 4 nitrogen and oxygen atoms in total. The van der Waals surface area contributed by atoms with Crippen LogP contribution in [0.4, 0.5) is 5.69 Å². The molecule has 0 fully saturated rings. The molecule has 0 aliphatic carbocycles. The number of alkyl halides is 1. The highest BCUT2D eigenvalue weighted by atomic mass is 79.9. The van der Waals surface area contributed by atoms with Crippen molar-refractivity contribution in [3.8, 4) is 0 Å². The molecule has 5 heteroatoms. The van der Waals surface area contributed by atoms with Crippen molar-refractivity contribution in [3.05, 3.63) is 40.1 Å². The molecule has 14 heavy (non-hydrogen) atoms. The highest BCUT2D eigenvalue weighted by Crippen LogP contribution is 2.26. The molecule has 0 saturated heterocycles. The zero-order valence-corrected chi connectivity index (χ0v) is 8.74. The van der Waals surface area contributed by atoms with Gasteiger partial charge < -0.3 is 4.98 Å². The van der Waals surface area contributed by atoms with Crippen LogP contribution in [0.3, 0.4) is 0 Å². The van der Waals surface area contributed by atoms with Crippen molar-refractivity contribution in [1.82, 2.24) is 4.98 Å². The number of aromatic amines is 1. The predicted molar refractivity (Wildman–Crippen MR) is 57.6 cm³/mol. The Balaban J connectivity index is 2.76. The third kappa shape index (κ3) is 1.39. The van der Waals surface area contributed by atoms with Crippen LogP contribution in [-0.2, 0) is 5.33 Å². The summed E-state index contributed by atoms with van der Waals surface area (Å²) in [5.74, 6) is 0. The van der Waals surface area contributed by atoms with Crippen molar-refractivity contribution >= 4 is 32.5 Å². The van der Waals surface area contributed by atoms with Crippen molar-refractivity contribution in [3.63, 3.8) is 0 Å². The maximum atomic E-state index is 10.8. The lowest BCUT2D eigenvalue weighted by molar-refractivity contribution is -0.383. The lowest BCUT2D eigenvalue weighted by Crippen LogP contribution is -1.91. The zero-order valence-electron chi connectivity index (χ0n) is 7.16. The summed E-state index contributed by atoms with van der Waals surface area (Å²) in [6, 6.07) is 5.33. The van der Waals surface area contributed by atoms with Crippen molar-refractivity contribution in [1.29, 1.82) is 0 Å². The van der Waals surface area contributed by atoms with Gasteiger partial charge in [0.05, 0.1) is 4.92 Å². The Morgan fingerprint density at radius 3 is 2.93 bits per heavy atom. The van der Waals surface area contributed by atoms with Gasteiger partial charge in [0, 0.05) is 23.0 Å². The topological polar surface area (TPSA) is 58.9 Å². The summed E-state index contributed by atoms with van der Waals surface area (Å²) in [7, 11) is 0. The average molecular weight is 255 g/mol. The Hall–Kier alpha value is -1.36. The molecule has 0 spiro atoms. The number of halogens is 1. The fourth-order valence-corrected chi connectivity index (χ4v) is 1.76. The smallest absolute Gasteiger partial charge is 0.293 e. The molecule has 0 aliphatic rings. The molecule has 0 bridgehead atoms. The fourth-order valence-electron chi connectivity index (χ4n) is 1.43. The average Bonchev–Trinajstić information content (AvgIpc) is 2.63. The first-order chi connectivity index (χ1) is 6.72. The number of H-pyrrole nitrogens is 1. The molecule has 72 valence electrons. The van der Waals surface area contributed by atoms with Gasteiger partial charge in [-0.3, -0.25) is 10.1 Å². The van der Waals surface area contributed by atoms with Crippen LogP contribution in [0.1, 0.15) is 5.56 Å². The van der Waals surface area contributed by atoms with Crippen LogP contribution in [0.5, 0.6) is 0 Å². The van der Waals surface area contributed by atoms with Crippen LogP contribution in [0.2, 0.25) is 0 Å². The second-order valence-corrected chi connectivity index (χ2v) is 3.51. The molecular weight excluding hydrogens is 248 g/mol. The summed E-state index contributed by atoms with van der Waals surface area (Å²) in [4.78, 5) is 13.2. The van der Waals surface area contributed by atoms with Gasteiger partial charge in [-0.15, -0.1) is 0 Å². The van der Waals surface area contributed by atoms with Crippen LogP contribution in [-0.4, -0.2) is 9.91 Å². The molecule has 1 aromatic heterocycles. The number of aromatic nitrogens is 1. The van der Waals surface area contributed by atoms with Gasteiger partial charge in [0.15, 0.2) is 0 Å². The normalized spacial score (nSPS) is 10.6. The van der Waals surface area contributed by atoms with Gasteiger partial charge in [-0.2, -0.15) is 0 Å². The molecule has 0 saturated carbocycles. The summed E-state index contributed by atoms with van der Waals surface area (Å²) in [6.07, 6.45) is 1.70. The first-order valence-electron chi connectivity index (χ1n) is 4.02. The SMILES string of the molecule is O=[N+]([O-])c1cc(CBr)cc2cc[nH]c12. The van der Waals surface area contributed by atoms with Gasteiger partial charge >= 0.3 is 0 Å². The summed E-state index contributed by atoms with van der Waals surface area (Å²) >= 11 is 3.28. The number of hydrogen-bond donors (Lipinski definition) is 1. The minimum absolute atomic E-state index is 0.127. The first-order valence-corrected chi connectivity index (χ1v) is 5.15. The third-order valence-corrected chi connectivity index (χ3v) is 2.70. The van der Waals surface area contributed by atoms with Crippen LogP contribution >= 0.6 is 15.9 Å². The molecule has 2 aromatic rings. The number of rotatable bonds is 2. The number of benzene rings is 1. The molecule has 0 amide bonds. The Morgan fingerprint density at radius 1 is 1.50 bits per heavy atom. The van der Waals surface area contributed by atoms with Crippen LogP contribution in [0, 0.1) is 10.1 Å². The van der Waals surface area contributed by atoms with E-state index in [0.717, 1.165) is 10.9 Å². The third-order valence-electron chi connectivity index (χ3n) is 2.05. The lowest BCUT2D eigenvalue weighted by Gasteiger charge is -1.98. The number of nitrogens with one attached hydrogen (secondary N) is 1. The summed E-state index contributed by atoms with van der Waals surface area (Å²) in [6.45, 7) is 0. The number of nitro benzene ring substituents is 1. The van der Waals surface area contributed by atoms with E-state index in [1.54, 1.807) is 12.3 Å². The van der Waals surface area contributed by atoms with Gasteiger partial charge in [0.2, 0.25) is 0 Å². The largest absolute Gasteiger partial charge is 0.356 e. The van der Waals surface area contributed by atoms with Crippen molar-refractivity contribution in [2.75, 3.05) is 0 Å². The number of nitro groups is 1. The second kappa shape index (κ2) is 3.42. The van der Waals surface area contributed by atoms with E-state index in [0.29, 0.717) is 10.8 Å². The summed E-state index contributed by atoms with van der Waals surface area (Å²) < 4.78 is 0. The van der Waals surface area contributed by atoms with Gasteiger partial charge in [0.1, 0.15) is 5.52 Å². The Morgan fingerprint density at radius 2 is 2.29 bits per heavy atom. The quantitative estimate of drug-likeness (QED) is 0.509. The van der Waals surface area contributed by atoms with E-state index in [9.17, 15) is 10.1 Å². The molecule has 1 heterocycles. The van der Waals surface area contributed by atoms with E-state index in [2.05, 4.69) is 20.9 Å². The number of hydrogen-bond acceptors (Lipinski definition) is 2. The van der Waals surface area contributed by atoms with Crippen LogP contribution in [0.15, 0.2) is 24.4 Å². The van der Waals surface area contributed by atoms with E-state index < -0.39 is 0 Å². The van der Waals surface area contributed by atoms with Crippen molar-refractivity contribution in [2.24, 2.45) is 0 Å². The maximum Gasteiger partial charge on any atom is 0.293 e. The standard InChI is InChI=1S/C9H7BrN2O2/c10-5-6-3-7-1-2-11-9(7)8(4-6)12(13)14/h1-4,11H,5H2. The Bertz CT molecular complexity index is 493. The number of nitrogens with zero attached hydrogens (tertiary/aromatic N) is 1. The van der Waals surface area contributed by atoms with Crippen LogP contribution < -0.4 is 0 Å². The zero-order chi connectivity index (χ0) is 10.1. The molecule has 0 radical (unpaired) electrons. The second-order valence-electron chi connectivity index (χ2n) is 2.95. The fraction of sp³-hybridized carbons (Fsp3) is 0.111. The molecule has 0 atom stereocenters. The lowest BCUT2D eigenvalue weighted by atomic mass is 10.1. The maximum absolute atomic E-state index is 10.8. The molecule has 0 aliphatic heterocycles. The monoisotopic (exact) mass is 254 g/mol. The van der Waals surface area contributed by atoms with Crippen molar-refractivity contribution < 1.29 is 4.92 Å². The summed E-state index contributed by atoms with van der Waals surface area (Å²) in [5.41, 5.74) is 1.62. The first kappa shape index (κ1) is 9.21. The minimum Gasteiger partial charge on any atom is -0.356 e. The molecule has 2 rings (SSSR count). The molecule has 0 unspecified atom stereocenters. The predicted octanol–water partition coefficient (Wildman–Crippen LogP) is 2.97. The van der Waals surface area contributed by atoms with E-state index in [4.69, 9.17) is 0 Å².